The zero-order valence-electron chi connectivity index (χ0n) is 19.3. The van der Waals surface area contributed by atoms with Crippen molar-refractivity contribution in [3.05, 3.63) is 41.4 Å². The minimum absolute atomic E-state index is 0.00743. The molecule has 0 aromatic heterocycles. The zero-order valence-corrected chi connectivity index (χ0v) is 20.1. The summed E-state index contributed by atoms with van der Waals surface area (Å²) in [7, 11) is 0. The van der Waals surface area contributed by atoms with Crippen LogP contribution in [0.1, 0.15) is 51.9 Å². The zero-order chi connectivity index (χ0) is 23.8. The second-order valence-electron chi connectivity index (χ2n) is 9.48. The quantitative estimate of drug-likeness (QED) is 0.397. The summed E-state index contributed by atoms with van der Waals surface area (Å²) in [5, 5.41) is 30.9. The van der Waals surface area contributed by atoms with E-state index in [0.29, 0.717) is 36.1 Å². The molecule has 2 aliphatic rings. The number of ether oxygens (including phenoxy) is 2. The molecule has 1 saturated heterocycles. The third kappa shape index (κ3) is 7.71. The fourth-order valence-electron chi connectivity index (χ4n) is 5.14. The number of aliphatic carboxylic acids is 1. The van der Waals surface area contributed by atoms with Gasteiger partial charge in [-0.05, 0) is 68.2 Å². The Balaban J connectivity index is 1.49. The van der Waals surface area contributed by atoms with Gasteiger partial charge in [-0.2, -0.15) is 0 Å². The van der Waals surface area contributed by atoms with Crippen molar-refractivity contribution in [2.45, 2.75) is 70.2 Å². The lowest BCUT2D eigenvalue weighted by atomic mass is 9.85. The maximum Gasteiger partial charge on any atom is 0.306 e. The molecule has 0 amide bonds. The van der Waals surface area contributed by atoms with E-state index in [1.807, 2.05) is 13.0 Å². The Morgan fingerprint density at radius 2 is 2.03 bits per heavy atom. The number of halogens is 1. The topological polar surface area (TPSA) is 96.2 Å². The third-order valence-corrected chi connectivity index (χ3v) is 7.30. The molecular formula is C26H37ClO6. The van der Waals surface area contributed by atoms with Crippen LogP contribution < -0.4 is 4.74 Å². The molecule has 1 aromatic rings. The Hall–Kier alpha value is -1.60. The number of rotatable bonds is 11. The number of aliphatic hydroxyl groups is 2. The second-order valence-corrected chi connectivity index (χ2v) is 9.91. The SMILES string of the molecule is CCCC(CC[C@@H]1CC[C@@H]2[C@@H](C=C[C@@H](O)COc3ccc(Cl)cc3)[C@H](O)C[C@@H]2OC1)C(=O)O. The molecule has 7 atom stereocenters. The van der Waals surface area contributed by atoms with Crippen LogP contribution in [0.25, 0.3) is 0 Å². The molecular weight excluding hydrogens is 444 g/mol. The molecule has 2 fully saturated rings. The predicted molar refractivity (Wildman–Crippen MR) is 127 cm³/mol. The summed E-state index contributed by atoms with van der Waals surface area (Å²) in [6, 6.07) is 6.98. The van der Waals surface area contributed by atoms with Crippen molar-refractivity contribution >= 4 is 17.6 Å². The molecule has 6 nitrogen and oxygen atoms in total. The van der Waals surface area contributed by atoms with Crippen molar-refractivity contribution in [2.24, 2.45) is 23.7 Å². The molecule has 184 valence electrons. The minimum Gasteiger partial charge on any atom is -0.491 e. The summed E-state index contributed by atoms with van der Waals surface area (Å²) in [5.74, 6) is 0.166. The van der Waals surface area contributed by atoms with Crippen molar-refractivity contribution in [2.75, 3.05) is 13.2 Å². The molecule has 33 heavy (non-hydrogen) atoms. The number of hydrogen-bond donors (Lipinski definition) is 3. The van der Waals surface area contributed by atoms with Gasteiger partial charge in [0.25, 0.3) is 0 Å². The van der Waals surface area contributed by atoms with Crippen LogP contribution in [-0.4, -0.2) is 52.8 Å². The van der Waals surface area contributed by atoms with Gasteiger partial charge < -0.3 is 24.8 Å². The first-order chi connectivity index (χ1) is 15.9. The Kier molecular flexibility index (Phi) is 10.0. The lowest BCUT2D eigenvalue weighted by Crippen LogP contribution is -2.22. The maximum absolute atomic E-state index is 11.4. The van der Waals surface area contributed by atoms with E-state index in [2.05, 4.69) is 0 Å². The van der Waals surface area contributed by atoms with Gasteiger partial charge in [-0.25, -0.2) is 0 Å². The van der Waals surface area contributed by atoms with Crippen LogP contribution in [0.15, 0.2) is 36.4 Å². The van der Waals surface area contributed by atoms with Crippen molar-refractivity contribution in [1.82, 2.24) is 0 Å². The Morgan fingerprint density at radius 1 is 1.27 bits per heavy atom. The highest BCUT2D eigenvalue weighted by Gasteiger charge is 2.43. The summed E-state index contributed by atoms with van der Waals surface area (Å²) >= 11 is 5.87. The summed E-state index contributed by atoms with van der Waals surface area (Å²) < 4.78 is 11.8. The number of benzene rings is 1. The van der Waals surface area contributed by atoms with Gasteiger partial charge in [-0.1, -0.05) is 37.1 Å². The first-order valence-electron chi connectivity index (χ1n) is 12.1. The standard InChI is InChI=1S/C26H37ClO6/c1-2-3-18(26(30)31)6-4-17-5-12-23-22(24(29)14-25(23)33-15-17)13-9-20(28)16-32-21-10-7-19(27)8-11-21/h7-11,13,17-18,20,22-25,28-29H,2-6,12,14-16H2,1H3,(H,30,31)/t17-,18?,20-,22-,23-,24-,25+/m1/s1. The normalized spacial score (nSPS) is 29.4. The largest absolute Gasteiger partial charge is 0.491 e. The van der Waals surface area contributed by atoms with E-state index >= 15 is 0 Å². The van der Waals surface area contributed by atoms with Gasteiger partial charge in [0.1, 0.15) is 18.5 Å². The van der Waals surface area contributed by atoms with Crippen LogP contribution in [0.3, 0.4) is 0 Å². The van der Waals surface area contributed by atoms with Gasteiger partial charge in [0.15, 0.2) is 0 Å². The first kappa shape index (κ1) is 26.0. The van der Waals surface area contributed by atoms with Gasteiger partial charge in [-0.3, -0.25) is 4.79 Å². The van der Waals surface area contributed by atoms with E-state index in [1.54, 1.807) is 30.3 Å². The lowest BCUT2D eigenvalue weighted by Gasteiger charge is -2.21. The van der Waals surface area contributed by atoms with E-state index in [0.717, 1.165) is 32.1 Å². The van der Waals surface area contributed by atoms with Crippen LogP contribution in [0.4, 0.5) is 0 Å². The van der Waals surface area contributed by atoms with Gasteiger partial charge in [0, 0.05) is 24.0 Å². The number of carboxylic acids is 1. The fourth-order valence-corrected chi connectivity index (χ4v) is 5.27. The molecule has 3 N–H and O–H groups in total. The van der Waals surface area contributed by atoms with E-state index in [9.17, 15) is 20.1 Å². The summed E-state index contributed by atoms with van der Waals surface area (Å²) in [5.41, 5.74) is 0. The average molecular weight is 481 g/mol. The van der Waals surface area contributed by atoms with Crippen molar-refractivity contribution in [1.29, 1.82) is 0 Å². The van der Waals surface area contributed by atoms with Gasteiger partial charge in [-0.15, -0.1) is 0 Å². The van der Waals surface area contributed by atoms with E-state index in [1.165, 1.54) is 0 Å². The van der Waals surface area contributed by atoms with Crippen molar-refractivity contribution in [3.63, 3.8) is 0 Å². The molecule has 1 aromatic carbocycles. The van der Waals surface area contributed by atoms with E-state index < -0.39 is 18.2 Å². The Labute approximate surface area is 201 Å². The van der Waals surface area contributed by atoms with Crippen LogP contribution in [-0.2, 0) is 9.53 Å². The molecule has 0 radical (unpaired) electrons. The highest BCUT2D eigenvalue weighted by atomic mass is 35.5. The molecule has 7 heteroatoms. The lowest BCUT2D eigenvalue weighted by molar-refractivity contribution is -0.142. The fraction of sp³-hybridized carbons (Fsp3) is 0.654. The Morgan fingerprint density at radius 3 is 2.73 bits per heavy atom. The highest BCUT2D eigenvalue weighted by molar-refractivity contribution is 6.30. The summed E-state index contributed by atoms with van der Waals surface area (Å²) in [4.78, 5) is 11.4. The molecule has 0 spiro atoms. The van der Waals surface area contributed by atoms with Crippen LogP contribution >= 0.6 is 11.6 Å². The third-order valence-electron chi connectivity index (χ3n) is 7.04. The molecule has 1 heterocycles. The molecule has 1 aliphatic heterocycles. The molecule has 1 unspecified atom stereocenters. The van der Waals surface area contributed by atoms with E-state index in [-0.39, 0.29) is 30.5 Å². The van der Waals surface area contributed by atoms with Crippen LogP contribution in [0.5, 0.6) is 5.75 Å². The average Bonchev–Trinajstić information content (AvgIpc) is 2.95. The molecule has 1 aliphatic carbocycles. The number of fused-ring (bicyclic) bond motifs is 1. The van der Waals surface area contributed by atoms with Crippen LogP contribution in [0.2, 0.25) is 5.02 Å². The smallest absolute Gasteiger partial charge is 0.306 e. The van der Waals surface area contributed by atoms with Gasteiger partial charge in [0.05, 0.1) is 18.1 Å². The maximum atomic E-state index is 11.4. The van der Waals surface area contributed by atoms with E-state index in [4.69, 9.17) is 21.1 Å². The predicted octanol–water partition coefficient (Wildman–Crippen LogP) is 4.71. The van der Waals surface area contributed by atoms with Crippen LogP contribution in [0, 0.1) is 23.7 Å². The van der Waals surface area contributed by atoms with Gasteiger partial charge in [0.2, 0.25) is 0 Å². The Bertz CT molecular complexity index is 767. The van der Waals surface area contributed by atoms with Crippen molar-refractivity contribution < 1.29 is 29.6 Å². The second kappa shape index (κ2) is 12.7. The molecule has 3 rings (SSSR count). The molecule has 0 bridgehead atoms. The first-order valence-corrected chi connectivity index (χ1v) is 12.5. The number of carboxylic acid groups (broad SMARTS) is 1. The monoisotopic (exact) mass is 480 g/mol. The van der Waals surface area contributed by atoms with Crippen molar-refractivity contribution in [3.8, 4) is 5.75 Å². The summed E-state index contributed by atoms with van der Waals surface area (Å²) in [6.45, 7) is 2.77. The molecule has 1 saturated carbocycles. The number of carbonyl (C=O) groups is 1. The summed E-state index contributed by atoms with van der Waals surface area (Å²) in [6.07, 6.45) is 8.01. The number of aliphatic hydroxyl groups excluding tert-OH is 2. The number of hydrogen-bond acceptors (Lipinski definition) is 5. The van der Waals surface area contributed by atoms with Gasteiger partial charge >= 0.3 is 5.97 Å². The highest BCUT2D eigenvalue weighted by Crippen LogP contribution is 2.42. The minimum atomic E-state index is -0.780.